The summed E-state index contributed by atoms with van der Waals surface area (Å²) >= 11 is 0. The normalized spacial score (nSPS) is 12.9. The number of aromatic amines is 1. The van der Waals surface area contributed by atoms with Gasteiger partial charge in [0, 0.05) is 14.1 Å². The molecule has 0 saturated heterocycles. The number of H-pyrrole nitrogens is 1. The number of fused-ring (bicyclic) bond motifs is 1. The summed E-state index contributed by atoms with van der Waals surface area (Å²) in [6.07, 6.45) is 3.59. The van der Waals surface area contributed by atoms with Gasteiger partial charge in [-0.3, -0.25) is 14.7 Å². The Morgan fingerprint density at radius 1 is 1.38 bits per heavy atom. The number of hydrogen-bond donors (Lipinski definition) is 2. The van der Waals surface area contributed by atoms with E-state index in [9.17, 15) is 9.59 Å². The molecule has 7 heteroatoms. The number of hydrogen-bond acceptors (Lipinski definition) is 4. The third-order valence-electron chi connectivity index (χ3n) is 3.88. The molecule has 0 atom stereocenters. The molecule has 0 saturated carbocycles. The Kier molecular flexibility index (Phi) is 4.50. The van der Waals surface area contributed by atoms with Crippen molar-refractivity contribution in [3.8, 4) is 5.75 Å². The predicted octanol–water partition coefficient (Wildman–Crippen LogP) is 1.62. The van der Waals surface area contributed by atoms with Crippen LogP contribution in [0.2, 0.25) is 0 Å². The van der Waals surface area contributed by atoms with Crippen molar-refractivity contribution in [2.24, 2.45) is 0 Å². The first-order valence-corrected chi connectivity index (χ1v) is 7.84. The van der Waals surface area contributed by atoms with Crippen molar-refractivity contribution >= 4 is 17.6 Å². The minimum atomic E-state index is -0.218. The summed E-state index contributed by atoms with van der Waals surface area (Å²) in [6.45, 7) is 0.745. The molecule has 3 rings (SSSR count). The number of ether oxygens (including phenoxy) is 1. The quantitative estimate of drug-likeness (QED) is 0.893. The minimum Gasteiger partial charge on any atom is -0.493 e. The van der Waals surface area contributed by atoms with Gasteiger partial charge in [0.05, 0.1) is 19.2 Å². The first-order valence-electron chi connectivity index (χ1n) is 7.84. The number of nitrogens with one attached hydrogen (secondary N) is 2. The maximum Gasteiger partial charge on any atom is 0.258 e. The van der Waals surface area contributed by atoms with Crippen LogP contribution in [0.25, 0.3) is 0 Å². The molecular formula is C17H20N4O3. The molecule has 1 aliphatic rings. The average molecular weight is 328 g/mol. The van der Waals surface area contributed by atoms with E-state index in [-0.39, 0.29) is 18.2 Å². The van der Waals surface area contributed by atoms with Crippen LogP contribution in [0.5, 0.6) is 5.75 Å². The number of anilines is 1. The van der Waals surface area contributed by atoms with E-state index in [2.05, 4.69) is 15.5 Å². The largest absolute Gasteiger partial charge is 0.493 e. The lowest BCUT2D eigenvalue weighted by molar-refractivity contribution is -0.115. The second-order valence-electron chi connectivity index (χ2n) is 5.98. The molecule has 2 aromatic rings. The Labute approximate surface area is 140 Å². The molecule has 2 N–H and O–H groups in total. The molecule has 1 aromatic heterocycles. The number of carbonyl (C=O) groups is 2. The first-order chi connectivity index (χ1) is 11.5. The highest BCUT2D eigenvalue weighted by atomic mass is 16.5. The van der Waals surface area contributed by atoms with Gasteiger partial charge in [0.2, 0.25) is 5.91 Å². The van der Waals surface area contributed by atoms with E-state index < -0.39 is 0 Å². The third-order valence-corrected chi connectivity index (χ3v) is 3.88. The standard InChI is InChI=1S/C17H20N4O3/c1-21(2)17(23)13-10-18-20-16(13)19-15(22)9-11-5-6-14-12(8-11)4-3-7-24-14/h5-6,8,10H,3-4,7,9H2,1-2H3,(H2,18,19,20,22). The smallest absolute Gasteiger partial charge is 0.258 e. The number of rotatable bonds is 4. The monoisotopic (exact) mass is 328 g/mol. The van der Waals surface area contributed by atoms with Gasteiger partial charge < -0.3 is 15.0 Å². The summed E-state index contributed by atoms with van der Waals surface area (Å²) in [6, 6.07) is 5.81. The van der Waals surface area contributed by atoms with E-state index in [0.717, 1.165) is 36.3 Å². The van der Waals surface area contributed by atoms with Crippen LogP contribution in [0, 0.1) is 0 Å². The van der Waals surface area contributed by atoms with Crippen molar-refractivity contribution in [1.82, 2.24) is 15.1 Å². The van der Waals surface area contributed by atoms with Crippen LogP contribution in [-0.4, -0.2) is 47.6 Å². The highest BCUT2D eigenvalue weighted by Crippen LogP contribution is 2.25. The summed E-state index contributed by atoms with van der Waals surface area (Å²) in [4.78, 5) is 25.7. The van der Waals surface area contributed by atoms with Gasteiger partial charge in [-0.25, -0.2) is 0 Å². The average Bonchev–Trinajstić information content (AvgIpc) is 3.01. The predicted molar refractivity (Wildman–Crippen MR) is 89.2 cm³/mol. The van der Waals surface area contributed by atoms with Gasteiger partial charge in [-0.2, -0.15) is 5.10 Å². The number of aromatic nitrogens is 2. The van der Waals surface area contributed by atoms with Gasteiger partial charge in [-0.05, 0) is 30.0 Å². The van der Waals surface area contributed by atoms with E-state index in [4.69, 9.17) is 4.74 Å². The lowest BCUT2D eigenvalue weighted by atomic mass is 10.0. The lowest BCUT2D eigenvalue weighted by Crippen LogP contribution is -2.24. The summed E-state index contributed by atoms with van der Waals surface area (Å²) in [5.74, 6) is 0.798. The highest BCUT2D eigenvalue weighted by Gasteiger charge is 2.18. The van der Waals surface area contributed by atoms with E-state index in [1.54, 1.807) is 14.1 Å². The summed E-state index contributed by atoms with van der Waals surface area (Å²) in [5.41, 5.74) is 2.39. The zero-order valence-electron chi connectivity index (χ0n) is 13.8. The van der Waals surface area contributed by atoms with Crippen molar-refractivity contribution in [2.45, 2.75) is 19.3 Å². The van der Waals surface area contributed by atoms with Crippen LogP contribution in [0.4, 0.5) is 5.82 Å². The zero-order chi connectivity index (χ0) is 17.1. The van der Waals surface area contributed by atoms with Gasteiger partial charge >= 0.3 is 0 Å². The van der Waals surface area contributed by atoms with E-state index in [0.29, 0.717) is 11.4 Å². The highest BCUT2D eigenvalue weighted by molar-refractivity contribution is 6.02. The van der Waals surface area contributed by atoms with Gasteiger partial charge in [0.1, 0.15) is 17.1 Å². The molecule has 0 unspecified atom stereocenters. The van der Waals surface area contributed by atoms with Crippen molar-refractivity contribution < 1.29 is 14.3 Å². The maximum atomic E-state index is 12.3. The molecular weight excluding hydrogens is 308 g/mol. The number of nitrogens with zero attached hydrogens (tertiary/aromatic N) is 2. The summed E-state index contributed by atoms with van der Waals surface area (Å²) < 4.78 is 5.58. The Balaban J connectivity index is 1.68. The number of amides is 2. The molecule has 1 aromatic carbocycles. The Hall–Kier alpha value is -2.83. The molecule has 2 heterocycles. The van der Waals surface area contributed by atoms with Crippen LogP contribution in [-0.2, 0) is 17.6 Å². The molecule has 0 spiro atoms. The van der Waals surface area contributed by atoms with Crippen molar-refractivity contribution in [1.29, 1.82) is 0 Å². The second-order valence-corrected chi connectivity index (χ2v) is 5.98. The van der Waals surface area contributed by atoms with E-state index in [1.165, 1.54) is 11.1 Å². The Morgan fingerprint density at radius 2 is 2.21 bits per heavy atom. The number of carbonyl (C=O) groups excluding carboxylic acids is 2. The fraction of sp³-hybridized carbons (Fsp3) is 0.353. The van der Waals surface area contributed by atoms with Crippen LogP contribution in [0.3, 0.4) is 0 Å². The van der Waals surface area contributed by atoms with Crippen molar-refractivity contribution in [3.05, 3.63) is 41.1 Å². The van der Waals surface area contributed by atoms with Crippen molar-refractivity contribution in [3.63, 3.8) is 0 Å². The van der Waals surface area contributed by atoms with Crippen LogP contribution >= 0.6 is 0 Å². The molecule has 0 fully saturated rings. The first kappa shape index (κ1) is 16.0. The van der Waals surface area contributed by atoms with Gasteiger partial charge in [0.15, 0.2) is 0 Å². The van der Waals surface area contributed by atoms with Crippen molar-refractivity contribution in [2.75, 3.05) is 26.0 Å². The molecule has 7 nitrogen and oxygen atoms in total. The molecule has 0 bridgehead atoms. The molecule has 1 aliphatic heterocycles. The zero-order valence-corrected chi connectivity index (χ0v) is 13.8. The molecule has 2 amide bonds. The van der Waals surface area contributed by atoms with Crippen LogP contribution in [0.1, 0.15) is 27.9 Å². The number of aryl methyl sites for hydroxylation is 1. The van der Waals surface area contributed by atoms with E-state index >= 15 is 0 Å². The Bertz CT molecular complexity index is 767. The minimum absolute atomic E-state index is 0.205. The molecule has 24 heavy (non-hydrogen) atoms. The summed E-state index contributed by atoms with van der Waals surface area (Å²) in [7, 11) is 3.30. The third kappa shape index (κ3) is 3.40. The lowest BCUT2D eigenvalue weighted by Gasteiger charge is -2.17. The van der Waals surface area contributed by atoms with Gasteiger partial charge in [-0.15, -0.1) is 0 Å². The van der Waals surface area contributed by atoms with Gasteiger partial charge in [-0.1, -0.05) is 12.1 Å². The molecule has 0 aliphatic carbocycles. The second kappa shape index (κ2) is 6.74. The fourth-order valence-corrected chi connectivity index (χ4v) is 2.68. The van der Waals surface area contributed by atoms with Crippen LogP contribution in [0.15, 0.2) is 24.4 Å². The topological polar surface area (TPSA) is 87.3 Å². The molecule has 0 radical (unpaired) electrons. The number of benzene rings is 1. The Morgan fingerprint density at radius 3 is 3.00 bits per heavy atom. The fourth-order valence-electron chi connectivity index (χ4n) is 2.68. The van der Waals surface area contributed by atoms with E-state index in [1.807, 2.05) is 18.2 Å². The summed E-state index contributed by atoms with van der Waals surface area (Å²) in [5, 5.41) is 9.22. The van der Waals surface area contributed by atoms with Crippen LogP contribution < -0.4 is 10.1 Å². The SMILES string of the molecule is CN(C)C(=O)c1cn[nH]c1NC(=O)Cc1ccc2c(c1)CCCO2. The molecule has 126 valence electrons. The maximum absolute atomic E-state index is 12.3. The van der Waals surface area contributed by atoms with Gasteiger partial charge in [0.25, 0.3) is 5.91 Å².